The van der Waals surface area contributed by atoms with Gasteiger partial charge in [0.1, 0.15) is 11.2 Å². The molecule has 0 saturated heterocycles. The van der Waals surface area contributed by atoms with E-state index in [-0.39, 0.29) is 30.6 Å². The number of thiophene rings is 1. The predicted molar refractivity (Wildman–Crippen MR) is 138 cm³/mol. The molecule has 0 spiro atoms. The molecule has 0 radical (unpaired) electrons. The van der Waals surface area contributed by atoms with E-state index >= 15 is 0 Å². The number of aryl methyl sites for hydroxylation is 3. The van der Waals surface area contributed by atoms with Gasteiger partial charge in [-0.05, 0) is 67.3 Å². The fourth-order valence-electron chi connectivity index (χ4n) is 4.07. The molecule has 1 N–H and O–H groups in total. The average Bonchev–Trinajstić information content (AvgIpc) is 3.31. The molecule has 4 aromatic rings. The van der Waals surface area contributed by atoms with Crippen molar-refractivity contribution in [2.75, 3.05) is 0 Å². The summed E-state index contributed by atoms with van der Waals surface area (Å²) in [5.41, 5.74) is 4.07. The molecule has 34 heavy (non-hydrogen) atoms. The number of aromatic nitrogens is 2. The van der Waals surface area contributed by atoms with Gasteiger partial charge in [0.15, 0.2) is 0 Å². The zero-order chi connectivity index (χ0) is 24.2. The summed E-state index contributed by atoms with van der Waals surface area (Å²) in [6, 6.07) is 17.7. The van der Waals surface area contributed by atoms with Crippen molar-refractivity contribution >= 4 is 27.5 Å². The van der Waals surface area contributed by atoms with Crippen molar-refractivity contribution in [3.63, 3.8) is 0 Å². The third-order valence-electron chi connectivity index (χ3n) is 6.17. The molecule has 1 amide bonds. The Bertz CT molecular complexity index is 1430. The van der Waals surface area contributed by atoms with E-state index in [9.17, 15) is 14.4 Å². The molecule has 1 atom stereocenters. The molecular weight excluding hydrogens is 446 g/mol. The van der Waals surface area contributed by atoms with Gasteiger partial charge in [0, 0.05) is 6.04 Å². The number of benzene rings is 2. The minimum Gasteiger partial charge on any atom is -0.352 e. The number of nitrogens with zero attached hydrogens (tertiary/aromatic N) is 2. The second kappa shape index (κ2) is 10.2. The summed E-state index contributed by atoms with van der Waals surface area (Å²) in [7, 11) is 0. The molecule has 2 aromatic heterocycles. The normalized spacial score (nSPS) is 12.1. The lowest BCUT2D eigenvalue weighted by molar-refractivity contribution is -0.122. The third-order valence-corrected chi connectivity index (χ3v) is 7.06. The lowest BCUT2D eigenvalue weighted by Crippen LogP contribution is -2.43. The maximum Gasteiger partial charge on any atom is 0.332 e. The number of hydrogen-bond donors (Lipinski definition) is 1. The second-order valence-corrected chi connectivity index (χ2v) is 9.72. The Kier molecular flexibility index (Phi) is 7.12. The molecule has 4 rings (SSSR count). The first-order chi connectivity index (χ1) is 16.3. The highest BCUT2D eigenvalue weighted by atomic mass is 32.1. The van der Waals surface area contributed by atoms with Crippen LogP contribution >= 0.6 is 11.3 Å². The summed E-state index contributed by atoms with van der Waals surface area (Å²) in [6.07, 6.45) is 1.66. The van der Waals surface area contributed by atoms with Crippen molar-refractivity contribution in [3.05, 3.63) is 103 Å². The van der Waals surface area contributed by atoms with E-state index in [4.69, 9.17) is 0 Å². The van der Waals surface area contributed by atoms with Crippen LogP contribution in [-0.4, -0.2) is 21.1 Å². The molecule has 0 aliphatic heterocycles. The van der Waals surface area contributed by atoms with E-state index in [2.05, 4.69) is 17.4 Å². The number of hydrogen-bond acceptors (Lipinski definition) is 4. The minimum atomic E-state index is -0.471. The molecular formula is C27H29N3O3S. The predicted octanol–water partition coefficient (Wildman–Crippen LogP) is 4.03. The van der Waals surface area contributed by atoms with Crippen molar-refractivity contribution in [2.45, 2.75) is 52.7 Å². The Morgan fingerprint density at radius 1 is 0.971 bits per heavy atom. The quantitative estimate of drug-likeness (QED) is 0.418. The van der Waals surface area contributed by atoms with Gasteiger partial charge in [-0.3, -0.25) is 18.7 Å². The maximum absolute atomic E-state index is 13.3. The van der Waals surface area contributed by atoms with Crippen LogP contribution in [0.1, 0.15) is 35.6 Å². The molecule has 2 aromatic carbocycles. The van der Waals surface area contributed by atoms with Gasteiger partial charge < -0.3 is 5.32 Å². The van der Waals surface area contributed by atoms with E-state index in [1.165, 1.54) is 26.0 Å². The van der Waals surface area contributed by atoms with Gasteiger partial charge >= 0.3 is 5.69 Å². The van der Waals surface area contributed by atoms with Crippen LogP contribution in [0.3, 0.4) is 0 Å². The van der Waals surface area contributed by atoms with Gasteiger partial charge in [-0.1, -0.05) is 48.5 Å². The smallest absolute Gasteiger partial charge is 0.332 e. The Balaban J connectivity index is 1.55. The van der Waals surface area contributed by atoms with Crippen LogP contribution in [0.4, 0.5) is 0 Å². The van der Waals surface area contributed by atoms with E-state index in [1.807, 2.05) is 57.2 Å². The van der Waals surface area contributed by atoms with Crippen LogP contribution in [0.25, 0.3) is 10.2 Å². The molecule has 0 unspecified atom stereocenters. The summed E-state index contributed by atoms with van der Waals surface area (Å²) < 4.78 is 3.12. The average molecular weight is 476 g/mol. The zero-order valence-electron chi connectivity index (χ0n) is 19.7. The van der Waals surface area contributed by atoms with Crippen molar-refractivity contribution in [1.29, 1.82) is 0 Å². The monoisotopic (exact) mass is 475 g/mol. The first-order valence-corrected chi connectivity index (χ1v) is 12.3. The van der Waals surface area contributed by atoms with Crippen molar-refractivity contribution in [3.8, 4) is 0 Å². The van der Waals surface area contributed by atoms with Crippen LogP contribution in [0.15, 0.2) is 69.6 Å². The van der Waals surface area contributed by atoms with E-state index in [1.54, 1.807) is 11.4 Å². The van der Waals surface area contributed by atoms with Crippen molar-refractivity contribution < 1.29 is 4.79 Å². The highest BCUT2D eigenvalue weighted by molar-refractivity contribution is 7.17. The molecule has 176 valence electrons. The molecule has 6 nitrogen and oxygen atoms in total. The molecule has 2 heterocycles. The van der Waals surface area contributed by atoms with Crippen LogP contribution in [-0.2, 0) is 24.3 Å². The first kappa shape index (κ1) is 23.7. The molecule has 0 bridgehead atoms. The van der Waals surface area contributed by atoms with Gasteiger partial charge in [0.05, 0.1) is 12.1 Å². The first-order valence-electron chi connectivity index (χ1n) is 11.4. The summed E-state index contributed by atoms with van der Waals surface area (Å²) in [5.74, 6) is -0.244. The largest absolute Gasteiger partial charge is 0.352 e. The zero-order valence-corrected chi connectivity index (χ0v) is 20.5. The number of amides is 1. The van der Waals surface area contributed by atoms with Crippen LogP contribution in [0.5, 0.6) is 0 Å². The Hall–Kier alpha value is -3.45. The van der Waals surface area contributed by atoms with Gasteiger partial charge in [0.2, 0.25) is 5.91 Å². The fourth-order valence-corrected chi connectivity index (χ4v) is 4.92. The standard InChI is InChI=1S/C27H29N3O3S/c1-18-9-11-22(15-19(18)2)16-30-26(32)25-23(13-14-34-25)29(27(30)33)17-24(31)28-20(3)10-12-21-7-5-4-6-8-21/h4-9,11,13-15,20H,10,12,16-17H2,1-3H3,(H,28,31)/t20-/m0/s1. The second-order valence-electron chi connectivity index (χ2n) is 8.81. The Morgan fingerprint density at radius 2 is 1.74 bits per heavy atom. The molecule has 0 aliphatic carbocycles. The van der Waals surface area contributed by atoms with Gasteiger partial charge in [-0.15, -0.1) is 11.3 Å². The lowest BCUT2D eigenvalue weighted by atomic mass is 10.1. The third kappa shape index (κ3) is 5.20. The minimum absolute atomic E-state index is 0.0391. The highest BCUT2D eigenvalue weighted by Crippen LogP contribution is 2.16. The molecule has 0 fully saturated rings. The topological polar surface area (TPSA) is 73.1 Å². The lowest BCUT2D eigenvalue weighted by Gasteiger charge is -2.16. The summed E-state index contributed by atoms with van der Waals surface area (Å²) in [4.78, 5) is 39.2. The van der Waals surface area contributed by atoms with Crippen LogP contribution < -0.4 is 16.6 Å². The van der Waals surface area contributed by atoms with Crippen molar-refractivity contribution in [1.82, 2.24) is 14.5 Å². The summed E-state index contributed by atoms with van der Waals surface area (Å²) in [6.45, 7) is 6.03. The fraction of sp³-hybridized carbons (Fsp3) is 0.296. The van der Waals surface area contributed by atoms with Crippen molar-refractivity contribution in [2.24, 2.45) is 0 Å². The van der Waals surface area contributed by atoms with Crippen LogP contribution in [0.2, 0.25) is 0 Å². The Labute approximate surface area is 202 Å². The van der Waals surface area contributed by atoms with E-state index < -0.39 is 5.69 Å². The number of fused-ring (bicyclic) bond motifs is 1. The van der Waals surface area contributed by atoms with Gasteiger partial charge in [-0.25, -0.2) is 4.79 Å². The SMILES string of the molecule is Cc1ccc(Cn2c(=O)c3sccc3n(CC(=O)N[C@@H](C)CCc3ccccc3)c2=O)cc1C. The summed E-state index contributed by atoms with van der Waals surface area (Å²) >= 11 is 1.29. The number of carbonyl (C=O) groups is 1. The maximum atomic E-state index is 13.3. The van der Waals surface area contributed by atoms with E-state index in [0.29, 0.717) is 10.2 Å². The number of nitrogens with one attached hydrogen (secondary N) is 1. The molecule has 0 saturated carbocycles. The molecule has 0 aliphatic rings. The van der Waals surface area contributed by atoms with Crippen LogP contribution in [0, 0.1) is 13.8 Å². The van der Waals surface area contributed by atoms with Gasteiger partial charge in [-0.2, -0.15) is 0 Å². The number of rotatable bonds is 8. The van der Waals surface area contributed by atoms with E-state index in [0.717, 1.165) is 29.5 Å². The van der Waals surface area contributed by atoms with Gasteiger partial charge in [0.25, 0.3) is 5.56 Å². The molecule has 7 heteroatoms. The highest BCUT2D eigenvalue weighted by Gasteiger charge is 2.17. The number of carbonyl (C=O) groups excluding carboxylic acids is 1. The summed E-state index contributed by atoms with van der Waals surface area (Å²) in [5, 5.41) is 4.78. The Morgan fingerprint density at radius 3 is 2.47 bits per heavy atom.